The van der Waals surface area contributed by atoms with Gasteiger partial charge in [0.25, 0.3) is 11.8 Å². The van der Waals surface area contributed by atoms with E-state index in [4.69, 9.17) is 14.8 Å². The van der Waals surface area contributed by atoms with E-state index in [2.05, 4.69) is 5.32 Å². The number of methoxy groups -OCH3 is 1. The quantitative estimate of drug-likeness (QED) is 0.548. The number of hydrogen-bond donors (Lipinski definition) is 2. The highest BCUT2D eigenvalue weighted by Crippen LogP contribution is 2.25. The Morgan fingerprint density at radius 1 is 1.03 bits per heavy atom. The third-order valence-electron chi connectivity index (χ3n) is 5.23. The summed E-state index contributed by atoms with van der Waals surface area (Å²) in [5.74, 6) is -0.115. The highest BCUT2D eigenvalue weighted by molar-refractivity contribution is 6.17. The van der Waals surface area contributed by atoms with Crippen LogP contribution in [0.2, 0.25) is 0 Å². The fraction of sp³-hybridized carbons (Fsp3) is 0.208. The average Bonchev–Trinajstić information content (AvgIpc) is 3.05. The Kier molecular flexibility index (Phi) is 5.95. The molecule has 2 N–H and O–H groups in total. The number of hydrogen-bond acceptors (Lipinski definition) is 6. The van der Waals surface area contributed by atoms with Crippen molar-refractivity contribution in [3.63, 3.8) is 0 Å². The molecule has 1 aliphatic rings. The number of aryl methyl sites for hydroxylation is 2. The van der Waals surface area contributed by atoms with Crippen LogP contribution in [-0.2, 0) is 22.4 Å². The second-order valence-corrected chi connectivity index (χ2v) is 7.19. The van der Waals surface area contributed by atoms with Gasteiger partial charge in [-0.25, -0.2) is 4.98 Å². The van der Waals surface area contributed by atoms with Crippen molar-refractivity contribution in [2.75, 3.05) is 25.6 Å². The van der Waals surface area contributed by atoms with Crippen LogP contribution in [0.5, 0.6) is 5.75 Å². The van der Waals surface area contributed by atoms with Gasteiger partial charge in [-0.1, -0.05) is 36.4 Å². The summed E-state index contributed by atoms with van der Waals surface area (Å²) in [5.41, 5.74) is 3.75. The number of fused-ring (bicyclic) bond motifs is 1. The van der Waals surface area contributed by atoms with E-state index in [1.54, 1.807) is 7.11 Å². The van der Waals surface area contributed by atoms with E-state index in [0.717, 1.165) is 38.5 Å². The van der Waals surface area contributed by atoms with Crippen LogP contribution in [0.15, 0.2) is 66.4 Å². The summed E-state index contributed by atoms with van der Waals surface area (Å²) in [6.45, 7) is -0.281. The maximum absolute atomic E-state index is 12.4. The number of carbonyl (C=O) groups excluding carboxylic acids is 2. The van der Waals surface area contributed by atoms with Crippen LogP contribution >= 0.6 is 0 Å². The smallest absolute Gasteiger partial charge is 0.277 e. The molecule has 0 saturated carbocycles. The van der Waals surface area contributed by atoms with E-state index >= 15 is 0 Å². The standard InChI is InChI=1S/C24H23N3O4/c1-31-21-8-4-6-17-10-12-18(25-23(17)21)11-9-16-5-2-3-7-19(16)26-20-15-22(29)27(13-14-28)24(20)30/h2-8,10,12,15,26,28H,9,11,13-14H2,1H3. The number of carbonyl (C=O) groups is 2. The molecule has 158 valence electrons. The first-order valence-electron chi connectivity index (χ1n) is 10.1. The summed E-state index contributed by atoms with van der Waals surface area (Å²) in [4.78, 5) is 30.2. The number of imide groups is 1. The molecular weight excluding hydrogens is 394 g/mol. The second kappa shape index (κ2) is 8.97. The van der Waals surface area contributed by atoms with Gasteiger partial charge < -0.3 is 15.2 Å². The predicted molar refractivity (Wildman–Crippen MR) is 118 cm³/mol. The molecule has 0 radical (unpaired) electrons. The molecule has 0 atom stereocenters. The van der Waals surface area contributed by atoms with Crippen molar-refractivity contribution < 1.29 is 19.4 Å². The lowest BCUT2D eigenvalue weighted by molar-refractivity contribution is -0.137. The number of amides is 2. The first-order chi connectivity index (χ1) is 15.1. The maximum Gasteiger partial charge on any atom is 0.277 e. The molecule has 7 heteroatoms. The molecule has 2 heterocycles. The molecule has 2 amide bonds. The van der Waals surface area contributed by atoms with Crippen LogP contribution in [-0.4, -0.2) is 47.1 Å². The number of aliphatic hydroxyl groups excluding tert-OH is 1. The van der Waals surface area contributed by atoms with Crippen molar-refractivity contribution in [3.8, 4) is 5.75 Å². The summed E-state index contributed by atoms with van der Waals surface area (Å²) < 4.78 is 5.43. The molecule has 31 heavy (non-hydrogen) atoms. The molecule has 1 aromatic heterocycles. The van der Waals surface area contributed by atoms with Crippen molar-refractivity contribution in [1.82, 2.24) is 9.88 Å². The molecule has 7 nitrogen and oxygen atoms in total. The van der Waals surface area contributed by atoms with E-state index in [1.807, 2.05) is 54.6 Å². The zero-order valence-corrected chi connectivity index (χ0v) is 17.2. The summed E-state index contributed by atoms with van der Waals surface area (Å²) in [5, 5.41) is 13.2. The fourth-order valence-corrected chi connectivity index (χ4v) is 3.64. The van der Waals surface area contributed by atoms with Crippen molar-refractivity contribution >= 4 is 28.4 Å². The zero-order chi connectivity index (χ0) is 21.8. The van der Waals surface area contributed by atoms with Gasteiger partial charge in [0.1, 0.15) is 17.0 Å². The number of rotatable bonds is 8. The summed E-state index contributed by atoms with van der Waals surface area (Å²) in [6, 6.07) is 17.5. The second-order valence-electron chi connectivity index (χ2n) is 7.19. The van der Waals surface area contributed by atoms with Crippen LogP contribution in [0.3, 0.4) is 0 Å². The average molecular weight is 417 g/mol. The molecule has 0 unspecified atom stereocenters. The number of aromatic nitrogens is 1. The number of ether oxygens (including phenoxy) is 1. The van der Waals surface area contributed by atoms with Crippen LogP contribution in [0.4, 0.5) is 5.69 Å². The number of nitrogens with one attached hydrogen (secondary N) is 1. The van der Waals surface area contributed by atoms with E-state index in [9.17, 15) is 9.59 Å². The van der Waals surface area contributed by atoms with Crippen LogP contribution in [0, 0.1) is 0 Å². The Morgan fingerprint density at radius 2 is 1.87 bits per heavy atom. The van der Waals surface area contributed by atoms with E-state index in [1.165, 1.54) is 6.08 Å². The minimum atomic E-state index is -0.433. The monoisotopic (exact) mass is 417 g/mol. The molecule has 2 aromatic carbocycles. The maximum atomic E-state index is 12.4. The van der Waals surface area contributed by atoms with Gasteiger partial charge in [0, 0.05) is 22.8 Å². The first-order valence-corrected chi connectivity index (χ1v) is 10.1. The zero-order valence-electron chi connectivity index (χ0n) is 17.2. The van der Waals surface area contributed by atoms with Gasteiger partial charge in [-0.3, -0.25) is 14.5 Å². The highest BCUT2D eigenvalue weighted by Gasteiger charge is 2.30. The fourth-order valence-electron chi connectivity index (χ4n) is 3.64. The van der Waals surface area contributed by atoms with Gasteiger partial charge in [0.2, 0.25) is 0 Å². The van der Waals surface area contributed by atoms with Crippen molar-refractivity contribution in [1.29, 1.82) is 0 Å². The largest absolute Gasteiger partial charge is 0.494 e. The molecule has 4 rings (SSSR count). The Balaban J connectivity index is 1.51. The molecule has 0 fully saturated rings. The van der Waals surface area contributed by atoms with Crippen LogP contribution in [0.1, 0.15) is 11.3 Å². The molecule has 3 aromatic rings. The predicted octanol–water partition coefficient (Wildman–Crippen LogP) is 2.69. The van der Waals surface area contributed by atoms with Gasteiger partial charge in [0.15, 0.2) is 0 Å². The van der Waals surface area contributed by atoms with Crippen molar-refractivity contribution in [3.05, 3.63) is 77.6 Å². The van der Waals surface area contributed by atoms with Crippen LogP contribution in [0.25, 0.3) is 10.9 Å². The Hall–Kier alpha value is -3.71. The normalized spacial score (nSPS) is 13.6. The number of β-amino-alcohol motifs (C(OH)–C–C–N with tert-alkyl or cyclic N) is 1. The van der Waals surface area contributed by atoms with E-state index in [-0.39, 0.29) is 18.8 Å². The minimum Gasteiger partial charge on any atom is -0.494 e. The van der Waals surface area contributed by atoms with E-state index < -0.39 is 11.8 Å². The number of benzene rings is 2. The van der Waals surface area contributed by atoms with Gasteiger partial charge in [-0.15, -0.1) is 0 Å². The summed E-state index contributed by atoms with van der Waals surface area (Å²) >= 11 is 0. The lowest BCUT2D eigenvalue weighted by atomic mass is 10.0. The first kappa shape index (κ1) is 20.6. The molecule has 1 aliphatic heterocycles. The lowest BCUT2D eigenvalue weighted by Crippen LogP contribution is -2.34. The highest BCUT2D eigenvalue weighted by atomic mass is 16.5. The molecule has 0 aliphatic carbocycles. The van der Waals surface area contributed by atoms with Gasteiger partial charge in [-0.2, -0.15) is 0 Å². The Bertz CT molecular complexity index is 1170. The third-order valence-corrected chi connectivity index (χ3v) is 5.23. The number of pyridine rings is 1. The van der Waals surface area contributed by atoms with Gasteiger partial charge in [-0.05, 0) is 36.6 Å². The molecule has 0 spiro atoms. The minimum absolute atomic E-state index is 0.0158. The van der Waals surface area contributed by atoms with Gasteiger partial charge >= 0.3 is 0 Å². The number of aliphatic hydroxyl groups is 1. The SMILES string of the molecule is COc1cccc2ccc(CCc3ccccc3NC3=CC(=O)N(CCO)C3=O)nc12. The molecule has 0 saturated heterocycles. The summed E-state index contributed by atoms with van der Waals surface area (Å²) in [7, 11) is 1.64. The molecular formula is C24H23N3O4. The third kappa shape index (κ3) is 4.27. The van der Waals surface area contributed by atoms with E-state index in [0.29, 0.717) is 12.8 Å². The van der Waals surface area contributed by atoms with Gasteiger partial charge in [0.05, 0.1) is 20.3 Å². The number of para-hydroxylation sites is 2. The number of anilines is 1. The topological polar surface area (TPSA) is 91.8 Å². The van der Waals surface area contributed by atoms with Crippen LogP contribution < -0.4 is 10.1 Å². The Labute approximate surface area is 180 Å². The van der Waals surface area contributed by atoms with Crippen molar-refractivity contribution in [2.24, 2.45) is 0 Å². The number of nitrogens with zero attached hydrogens (tertiary/aromatic N) is 2. The van der Waals surface area contributed by atoms with Crippen molar-refractivity contribution in [2.45, 2.75) is 12.8 Å². The molecule has 0 bridgehead atoms. The lowest BCUT2D eigenvalue weighted by Gasteiger charge is -2.15. The Morgan fingerprint density at radius 3 is 2.68 bits per heavy atom. The summed E-state index contributed by atoms with van der Waals surface area (Å²) in [6.07, 6.45) is 2.67.